The van der Waals surface area contributed by atoms with Crippen LogP contribution in [0.25, 0.3) is 0 Å². The van der Waals surface area contributed by atoms with E-state index < -0.39 is 22.0 Å². The minimum absolute atomic E-state index is 0.291. The van der Waals surface area contributed by atoms with Gasteiger partial charge in [-0.05, 0) is 36.9 Å². The minimum Gasteiger partial charge on any atom is -0.497 e. The fourth-order valence-electron chi connectivity index (χ4n) is 2.32. The molecule has 11 heteroatoms. The first-order chi connectivity index (χ1) is 12.3. The Morgan fingerprint density at radius 3 is 2.46 bits per heavy atom. The molecule has 0 aliphatic carbocycles. The minimum atomic E-state index is -3.69. The highest BCUT2D eigenvalue weighted by Crippen LogP contribution is 2.27. The molecular formula is C15H20N4O4S3. The van der Waals surface area contributed by atoms with Gasteiger partial charge >= 0.3 is 0 Å². The second kappa shape index (κ2) is 8.69. The number of nitrogens with zero attached hydrogens (tertiary/aromatic N) is 3. The first kappa shape index (κ1) is 20.5. The molecule has 0 radical (unpaired) electrons. The smallest absolute Gasteiger partial charge is 0.250 e. The highest BCUT2D eigenvalue weighted by atomic mass is 32.2. The molecule has 1 amide bonds. The van der Waals surface area contributed by atoms with Crippen molar-refractivity contribution >= 4 is 49.8 Å². The standard InChI is InChI=1S/C15H20N4O4S3/c1-5-12(13(20)16-14-17-18-15(24-3)25-14)19(26(4,21)22)10-6-8-11(23-2)9-7-10/h6-9,12H,5H2,1-4H3,(H,16,17,20)/t12-/m0/s1. The Balaban J connectivity index is 2.32. The first-order valence-corrected chi connectivity index (χ1v) is 11.5. The molecule has 0 saturated carbocycles. The fourth-order valence-corrected chi connectivity index (χ4v) is 4.71. The maximum Gasteiger partial charge on any atom is 0.250 e. The van der Waals surface area contributed by atoms with E-state index in [4.69, 9.17) is 4.74 Å². The number of sulfonamides is 1. The van der Waals surface area contributed by atoms with E-state index in [0.29, 0.717) is 27.3 Å². The summed E-state index contributed by atoms with van der Waals surface area (Å²) in [6.07, 6.45) is 3.22. The van der Waals surface area contributed by atoms with Crippen LogP contribution in [0.2, 0.25) is 0 Å². The number of rotatable bonds is 8. The van der Waals surface area contributed by atoms with Crippen molar-refractivity contribution in [2.24, 2.45) is 0 Å². The predicted molar refractivity (Wildman–Crippen MR) is 105 cm³/mol. The molecule has 1 heterocycles. The number of amides is 1. The van der Waals surface area contributed by atoms with Crippen molar-refractivity contribution in [1.29, 1.82) is 0 Å². The van der Waals surface area contributed by atoms with E-state index in [-0.39, 0.29) is 0 Å². The molecule has 2 aromatic rings. The molecule has 2 rings (SSSR count). The molecule has 1 atom stereocenters. The largest absolute Gasteiger partial charge is 0.497 e. The molecule has 1 N–H and O–H groups in total. The number of ether oxygens (including phenoxy) is 1. The summed E-state index contributed by atoms with van der Waals surface area (Å²) in [5.41, 5.74) is 0.386. The number of carbonyl (C=O) groups is 1. The second-order valence-corrected chi connectivity index (χ2v) is 9.14. The highest BCUT2D eigenvalue weighted by molar-refractivity contribution is 8.00. The molecule has 1 aromatic heterocycles. The number of hydrogen-bond donors (Lipinski definition) is 1. The van der Waals surface area contributed by atoms with Gasteiger partial charge in [-0.15, -0.1) is 10.2 Å². The average Bonchev–Trinajstić information content (AvgIpc) is 3.06. The van der Waals surface area contributed by atoms with Crippen LogP contribution in [0.3, 0.4) is 0 Å². The summed E-state index contributed by atoms with van der Waals surface area (Å²) in [7, 11) is -2.17. The molecule has 0 aliphatic rings. The maximum absolute atomic E-state index is 12.7. The van der Waals surface area contributed by atoms with Crippen molar-refractivity contribution < 1.29 is 17.9 Å². The number of methoxy groups -OCH3 is 1. The van der Waals surface area contributed by atoms with Crippen LogP contribution in [-0.4, -0.2) is 50.2 Å². The molecule has 26 heavy (non-hydrogen) atoms. The summed E-state index contributed by atoms with van der Waals surface area (Å²) in [6, 6.07) is 5.58. The molecule has 8 nitrogen and oxygen atoms in total. The van der Waals surface area contributed by atoms with Crippen molar-refractivity contribution in [3.63, 3.8) is 0 Å². The summed E-state index contributed by atoms with van der Waals surface area (Å²) in [5.74, 6) is 0.135. The molecule has 0 spiro atoms. The topological polar surface area (TPSA) is 101 Å². The summed E-state index contributed by atoms with van der Waals surface area (Å²) >= 11 is 2.65. The van der Waals surface area contributed by atoms with Gasteiger partial charge < -0.3 is 4.74 Å². The number of aromatic nitrogens is 2. The Labute approximate surface area is 161 Å². The Morgan fingerprint density at radius 2 is 2.00 bits per heavy atom. The van der Waals surface area contributed by atoms with E-state index in [1.165, 1.54) is 30.2 Å². The number of thioether (sulfide) groups is 1. The summed E-state index contributed by atoms with van der Waals surface area (Å²) in [6.45, 7) is 1.75. The third kappa shape index (κ3) is 4.86. The summed E-state index contributed by atoms with van der Waals surface area (Å²) in [5, 5.41) is 10.8. The van der Waals surface area contributed by atoms with Crippen molar-refractivity contribution in [2.75, 3.05) is 29.2 Å². The monoisotopic (exact) mass is 416 g/mol. The Morgan fingerprint density at radius 1 is 1.35 bits per heavy atom. The molecular weight excluding hydrogens is 396 g/mol. The van der Waals surface area contributed by atoms with Gasteiger partial charge in [0.1, 0.15) is 11.8 Å². The van der Waals surface area contributed by atoms with E-state index in [0.717, 1.165) is 10.6 Å². The van der Waals surface area contributed by atoms with Gasteiger partial charge in [-0.3, -0.25) is 14.4 Å². The first-order valence-electron chi connectivity index (χ1n) is 7.62. The van der Waals surface area contributed by atoms with Crippen molar-refractivity contribution in [2.45, 2.75) is 23.7 Å². The van der Waals surface area contributed by atoms with E-state index in [9.17, 15) is 13.2 Å². The number of nitrogens with one attached hydrogen (secondary N) is 1. The van der Waals surface area contributed by atoms with Gasteiger partial charge in [-0.2, -0.15) is 0 Å². The molecule has 0 unspecified atom stereocenters. The molecule has 0 bridgehead atoms. The Hall–Kier alpha value is -1.85. The molecule has 0 fully saturated rings. The zero-order valence-corrected chi connectivity index (χ0v) is 17.2. The number of benzene rings is 1. The molecule has 0 saturated heterocycles. The lowest BCUT2D eigenvalue weighted by Gasteiger charge is -2.29. The molecule has 0 aliphatic heterocycles. The SMILES string of the molecule is CC[C@@H](C(=O)Nc1nnc(SC)s1)N(c1ccc(OC)cc1)S(C)(=O)=O. The third-order valence-corrected chi connectivity index (χ3v) is 6.46. The van der Waals surface area contributed by atoms with Gasteiger partial charge in [-0.25, -0.2) is 8.42 Å². The third-order valence-electron chi connectivity index (χ3n) is 3.47. The van der Waals surface area contributed by atoms with Crippen LogP contribution in [0.15, 0.2) is 28.6 Å². The lowest BCUT2D eigenvalue weighted by molar-refractivity contribution is -0.117. The van der Waals surface area contributed by atoms with Crippen LogP contribution < -0.4 is 14.4 Å². The number of carbonyl (C=O) groups excluding carboxylic acids is 1. The van der Waals surface area contributed by atoms with Gasteiger partial charge in [0.05, 0.1) is 19.1 Å². The van der Waals surface area contributed by atoms with Crippen LogP contribution in [0.1, 0.15) is 13.3 Å². The van der Waals surface area contributed by atoms with Crippen LogP contribution >= 0.6 is 23.1 Å². The zero-order chi connectivity index (χ0) is 19.3. The molecule has 1 aromatic carbocycles. The van der Waals surface area contributed by atoms with E-state index >= 15 is 0 Å². The van der Waals surface area contributed by atoms with Crippen molar-refractivity contribution in [3.8, 4) is 5.75 Å². The zero-order valence-electron chi connectivity index (χ0n) is 14.8. The van der Waals surface area contributed by atoms with Gasteiger partial charge in [0, 0.05) is 0 Å². The van der Waals surface area contributed by atoms with Crippen LogP contribution in [0.4, 0.5) is 10.8 Å². The van der Waals surface area contributed by atoms with Gasteiger partial charge in [0.2, 0.25) is 21.1 Å². The lowest BCUT2D eigenvalue weighted by atomic mass is 10.2. The summed E-state index contributed by atoms with van der Waals surface area (Å²) in [4.78, 5) is 12.7. The Kier molecular flexibility index (Phi) is 6.84. The number of hydrogen-bond acceptors (Lipinski definition) is 8. The quantitative estimate of drug-likeness (QED) is 0.521. The van der Waals surface area contributed by atoms with E-state index in [2.05, 4.69) is 15.5 Å². The highest BCUT2D eigenvalue weighted by Gasteiger charge is 2.32. The number of anilines is 2. The Bertz CT molecular complexity index is 852. The predicted octanol–water partition coefficient (Wildman–Crippen LogP) is 2.45. The normalized spacial score (nSPS) is 12.5. The van der Waals surface area contributed by atoms with E-state index in [1.54, 1.807) is 31.2 Å². The van der Waals surface area contributed by atoms with Crippen molar-refractivity contribution in [1.82, 2.24) is 10.2 Å². The average molecular weight is 417 g/mol. The van der Waals surface area contributed by atoms with Crippen molar-refractivity contribution in [3.05, 3.63) is 24.3 Å². The molecule has 142 valence electrons. The van der Waals surface area contributed by atoms with Crippen LogP contribution in [0, 0.1) is 0 Å². The van der Waals surface area contributed by atoms with Gasteiger partial charge in [0.15, 0.2) is 4.34 Å². The van der Waals surface area contributed by atoms with Crippen LogP contribution in [0.5, 0.6) is 5.75 Å². The fraction of sp³-hybridized carbons (Fsp3) is 0.400. The second-order valence-electron chi connectivity index (χ2n) is 5.25. The maximum atomic E-state index is 12.7. The van der Waals surface area contributed by atoms with Gasteiger partial charge in [0.25, 0.3) is 0 Å². The lowest BCUT2D eigenvalue weighted by Crippen LogP contribution is -2.46. The summed E-state index contributed by atoms with van der Waals surface area (Å²) < 4.78 is 31.7. The van der Waals surface area contributed by atoms with Gasteiger partial charge in [-0.1, -0.05) is 30.0 Å². The van der Waals surface area contributed by atoms with E-state index in [1.807, 2.05) is 6.26 Å². The van der Waals surface area contributed by atoms with Crippen LogP contribution in [-0.2, 0) is 14.8 Å².